The minimum Gasteiger partial charge on any atom is -0.389 e. The third-order valence-electron chi connectivity index (χ3n) is 2.99. The zero-order chi connectivity index (χ0) is 8.77. The Balaban J connectivity index is 2.08. The van der Waals surface area contributed by atoms with Crippen molar-refractivity contribution in [1.29, 1.82) is 0 Å². The van der Waals surface area contributed by atoms with Gasteiger partial charge in [-0.05, 0) is 18.8 Å². The van der Waals surface area contributed by atoms with E-state index in [4.69, 9.17) is 0 Å². The SMILES string of the molecule is OC1(CC(F)F)CC2C=CC1C2. The number of alkyl halides is 2. The van der Waals surface area contributed by atoms with Crippen molar-refractivity contribution in [2.75, 3.05) is 0 Å². The number of fused-ring (bicyclic) bond motifs is 2. The number of rotatable bonds is 2. The number of hydrogen-bond acceptors (Lipinski definition) is 1. The van der Waals surface area contributed by atoms with Gasteiger partial charge in [0.1, 0.15) is 0 Å². The molecule has 2 bridgehead atoms. The average molecular weight is 174 g/mol. The fraction of sp³-hybridized carbons (Fsp3) is 0.778. The predicted molar refractivity (Wildman–Crippen MR) is 40.9 cm³/mol. The Labute approximate surface area is 70.1 Å². The highest BCUT2D eigenvalue weighted by Crippen LogP contribution is 2.48. The van der Waals surface area contributed by atoms with Crippen LogP contribution in [0.2, 0.25) is 0 Å². The van der Waals surface area contributed by atoms with Crippen LogP contribution in [-0.2, 0) is 0 Å². The van der Waals surface area contributed by atoms with Crippen LogP contribution in [0.4, 0.5) is 8.78 Å². The van der Waals surface area contributed by atoms with Gasteiger partial charge in [0.05, 0.1) is 5.60 Å². The Morgan fingerprint density at radius 3 is 2.67 bits per heavy atom. The van der Waals surface area contributed by atoms with Crippen molar-refractivity contribution in [1.82, 2.24) is 0 Å². The Hall–Kier alpha value is -0.440. The molecule has 0 heterocycles. The smallest absolute Gasteiger partial charge is 0.241 e. The van der Waals surface area contributed by atoms with Gasteiger partial charge in [0.2, 0.25) is 6.43 Å². The van der Waals surface area contributed by atoms with E-state index in [9.17, 15) is 13.9 Å². The monoisotopic (exact) mass is 174 g/mol. The molecule has 0 aromatic rings. The van der Waals surface area contributed by atoms with Crippen LogP contribution in [0.25, 0.3) is 0 Å². The highest BCUT2D eigenvalue weighted by atomic mass is 19.3. The van der Waals surface area contributed by atoms with E-state index < -0.39 is 12.0 Å². The molecule has 0 aliphatic heterocycles. The second-order valence-electron chi connectivity index (χ2n) is 3.89. The molecule has 2 rings (SSSR count). The normalized spacial score (nSPS) is 44.7. The summed E-state index contributed by atoms with van der Waals surface area (Å²) in [5, 5.41) is 9.82. The van der Waals surface area contributed by atoms with E-state index in [0.717, 1.165) is 6.42 Å². The molecule has 0 saturated heterocycles. The van der Waals surface area contributed by atoms with Gasteiger partial charge in [-0.3, -0.25) is 0 Å². The highest BCUT2D eigenvalue weighted by molar-refractivity contribution is 5.16. The van der Waals surface area contributed by atoms with Crippen LogP contribution in [0.15, 0.2) is 12.2 Å². The first kappa shape index (κ1) is 8.17. The number of hydrogen-bond donors (Lipinski definition) is 1. The molecule has 3 atom stereocenters. The molecule has 0 spiro atoms. The van der Waals surface area contributed by atoms with E-state index in [-0.39, 0.29) is 12.3 Å². The molecule has 68 valence electrons. The van der Waals surface area contributed by atoms with Crippen molar-refractivity contribution in [3.63, 3.8) is 0 Å². The summed E-state index contributed by atoms with van der Waals surface area (Å²) in [6.07, 6.45) is 2.56. The molecular weight excluding hydrogens is 162 g/mol. The Bertz CT molecular complexity index is 215. The number of allylic oxidation sites excluding steroid dienone is 1. The maximum absolute atomic E-state index is 12.1. The van der Waals surface area contributed by atoms with Gasteiger partial charge >= 0.3 is 0 Å². The molecule has 1 nitrogen and oxygen atoms in total. The van der Waals surface area contributed by atoms with Crippen molar-refractivity contribution >= 4 is 0 Å². The van der Waals surface area contributed by atoms with Crippen molar-refractivity contribution < 1.29 is 13.9 Å². The molecule has 1 fully saturated rings. The van der Waals surface area contributed by atoms with Crippen molar-refractivity contribution in [2.24, 2.45) is 11.8 Å². The maximum Gasteiger partial charge on any atom is 0.241 e. The summed E-state index contributed by atoms with van der Waals surface area (Å²) in [7, 11) is 0. The van der Waals surface area contributed by atoms with Crippen molar-refractivity contribution in [3.05, 3.63) is 12.2 Å². The van der Waals surface area contributed by atoms with Gasteiger partial charge < -0.3 is 5.11 Å². The Morgan fingerprint density at radius 1 is 1.50 bits per heavy atom. The summed E-state index contributed by atoms with van der Waals surface area (Å²) in [4.78, 5) is 0. The number of aliphatic hydroxyl groups is 1. The number of halogens is 2. The largest absolute Gasteiger partial charge is 0.389 e. The second kappa shape index (κ2) is 2.52. The minimum atomic E-state index is -2.39. The molecule has 2 aliphatic rings. The summed E-state index contributed by atoms with van der Waals surface area (Å²) in [6.45, 7) is 0. The third-order valence-corrected chi connectivity index (χ3v) is 2.99. The van der Waals surface area contributed by atoms with Crippen LogP contribution in [0, 0.1) is 11.8 Å². The van der Waals surface area contributed by atoms with Crippen LogP contribution in [-0.4, -0.2) is 17.1 Å². The lowest BCUT2D eigenvalue weighted by Gasteiger charge is -2.29. The predicted octanol–water partition coefficient (Wildman–Crippen LogP) is 1.97. The summed E-state index contributed by atoms with van der Waals surface area (Å²) in [5.74, 6) is 0.329. The van der Waals surface area contributed by atoms with Crippen LogP contribution in [0.5, 0.6) is 0 Å². The standard InChI is InChI=1S/C9H12F2O/c10-8(11)5-9(12)4-6-1-2-7(9)3-6/h1-2,6-8,12H,3-5H2. The summed E-state index contributed by atoms with van der Waals surface area (Å²) in [6, 6.07) is 0. The van der Waals surface area contributed by atoms with E-state index in [1.54, 1.807) is 0 Å². The lowest BCUT2D eigenvalue weighted by Crippen LogP contribution is -2.35. The topological polar surface area (TPSA) is 20.2 Å². The lowest BCUT2D eigenvalue weighted by atomic mass is 9.85. The van der Waals surface area contributed by atoms with Crippen molar-refractivity contribution in [3.8, 4) is 0 Å². The van der Waals surface area contributed by atoms with E-state index in [1.807, 2.05) is 12.2 Å². The van der Waals surface area contributed by atoms with Crippen LogP contribution >= 0.6 is 0 Å². The van der Waals surface area contributed by atoms with Gasteiger partial charge in [-0.1, -0.05) is 12.2 Å². The van der Waals surface area contributed by atoms with Crippen molar-refractivity contribution in [2.45, 2.75) is 31.3 Å². The molecule has 2 aliphatic carbocycles. The average Bonchev–Trinajstić information content (AvgIpc) is 2.42. The third kappa shape index (κ3) is 1.16. The second-order valence-corrected chi connectivity index (χ2v) is 3.89. The summed E-state index contributed by atoms with van der Waals surface area (Å²) >= 11 is 0. The first-order chi connectivity index (χ1) is 5.60. The van der Waals surface area contributed by atoms with Gasteiger partial charge in [-0.2, -0.15) is 0 Å². The summed E-state index contributed by atoms with van der Waals surface area (Å²) in [5.41, 5.74) is -1.10. The molecule has 1 N–H and O–H groups in total. The van der Waals surface area contributed by atoms with E-state index in [1.165, 1.54) is 0 Å². The van der Waals surface area contributed by atoms with Crippen LogP contribution in [0.1, 0.15) is 19.3 Å². The molecule has 0 aromatic carbocycles. The van der Waals surface area contributed by atoms with Gasteiger partial charge in [-0.25, -0.2) is 8.78 Å². The zero-order valence-corrected chi connectivity index (χ0v) is 6.71. The van der Waals surface area contributed by atoms with Crippen LogP contribution < -0.4 is 0 Å². The van der Waals surface area contributed by atoms with Gasteiger partial charge in [0.25, 0.3) is 0 Å². The van der Waals surface area contributed by atoms with Gasteiger partial charge in [0, 0.05) is 12.3 Å². The summed E-state index contributed by atoms with van der Waals surface area (Å²) < 4.78 is 24.1. The maximum atomic E-state index is 12.1. The van der Waals surface area contributed by atoms with Gasteiger partial charge in [0.15, 0.2) is 0 Å². The molecule has 1 saturated carbocycles. The van der Waals surface area contributed by atoms with Gasteiger partial charge in [-0.15, -0.1) is 0 Å². The molecule has 0 amide bonds. The molecule has 3 unspecified atom stereocenters. The molecule has 3 heteroatoms. The van der Waals surface area contributed by atoms with E-state index in [2.05, 4.69) is 0 Å². The highest BCUT2D eigenvalue weighted by Gasteiger charge is 2.48. The van der Waals surface area contributed by atoms with E-state index in [0.29, 0.717) is 12.3 Å². The lowest BCUT2D eigenvalue weighted by molar-refractivity contribution is -0.0402. The minimum absolute atomic E-state index is 0.0171. The van der Waals surface area contributed by atoms with E-state index >= 15 is 0 Å². The molecule has 0 aromatic heterocycles. The quantitative estimate of drug-likeness (QED) is 0.634. The zero-order valence-electron chi connectivity index (χ0n) is 6.71. The first-order valence-corrected chi connectivity index (χ1v) is 4.29. The van der Waals surface area contributed by atoms with Crippen LogP contribution in [0.3, 0.4) is 0 Å². The Morgan fingerprint density at radius 2 is 2.25 bits per heavy atom. The molecular formula is C9H12F2O. The molecule has 12 heavy (non-hydrogen) atoms. The fourth-order valence-corrected chi connectivity index (χ4v) is 2.43. The first-order valence-electron chi connectivity index (χ1n) is 4.29. The fourth-order valence-electron chi connectivity index (χ4n) is 2.43. The Kier molecular flexibility index (Phi) is 1.72. The molecule has 0 radical (unpaired) electrons.